The summed E-state index contributed by atoms with van der Waals surface area (Å²) >= 11 is 0. The number of sulfonamides is 1. The number of benzene rings is 2. The van der Waals surface area contributed by atoms with Crippen molar-refractivity contribution >= 4 is 26.7 Å². The Balaban J connectivity index is 1.72. The number of nitrogens with one attached hydrogen (secondary N) is 1. The Morgan fingerprint density at radius 1 is 0.889 bits per heavy atom. The van der Waals surface area contributed by atoms with E-state index >= 15 is 0 Å². The van der Waals surface area contributed by atoms with Gasteiger partial charge in [-0.15, -0.1) is 0 Å². The quantitative estimate of drug-likeness (QED) is 0.548. The molecule has 2 aromatic carbocycles. The van der Waals surface area contributed by atoms with E-state index in [9.17, 15) is 13.2 Å². The minimum atomic E-state index is -3.72. The minimum Gasteiger partial charge on any atom is -0.422 e. The van der Waals surface area contributed by atoms with Gasteiger partial charge >= 0.3 is 5.63 Å². The van der Waals surface area contributed by atoms with Gasteiger partial charge in [-0.05, 0) is 42.5 Å². The summed E-state index contributed by atoms with van der Waals surface area (Å²) in [4.78, 5) is 16.6. The lowest BCUT2D eigenvalue weighted by Crippen LogP contribution is -2.12. The molecule has 4 rings (SSSR count). The standard InChI is InChI=1S/C20H14N2O4S/c23-20-17(18-8-4-5-11-21-18)12-14-9-10-15(13-19(14)26-20)22-27(24,25)16-6-2-1-3-7-16/h1-13,22H. The number of pyridine rings is 1. The van der Waals surface area contributed by atoms with Gasteiger partial charge in [0.05, 0.1) is 21.8 Å². The van der Waals surface area contributed by atoms with Crippen molar-refractivity contribution in [2.24, 2.45) is 0 Å². The van der Waals surface area contributed by atoms with Gasteiger partial charge in [-0.1, -0.05) is 24.3 Å². The molecule has 1 N–H and O–H groups in total. The Labute approximate surface area is 155 Å². The first-order valence-corrected chi connectivity index (χ1v) is 9.58. The van der Waals surface area contributed by atoms with Crippen molar-refractivity contribution < 1.29 is 12.8 Å². The molecule has 0 aliphatic carbocycles. The molecular formula is C20H14N2O4S. The first-order chi connectivity index (χ1) is 13.0. The Morgan fingerprint density at radius 3 is 2.41 bits per heavy atom. The second kappa shape index (κ2) is 6.69. The van der Waals surface area contributed by atoms with Crippen molar-refractivity contribution in [3.8, 4) is 11.3 Å². The van der Waals surface area contributed by atoms with E-state index in [1.807, 2.05) is 0 Å². The van der Waals surface area contributed by atoms with Gasteiger partial charge in [-0.3, -0.25) is 9.71 Å². The van der Waals surface area contributed by atoms with Gasteiger partial charge in [-0.2, -0.15) is 0 Å². The van der Waals surface area contributed by atoms with Crippen LogP contribution >= 0.6 is 0 Å². The predicted molar refractivity (Wildman–Crippen MR) is 103 cm³/mol. The largest absolute Gasteiger partial charge is 0.422 e. The molecule has 0 atom stereocenters. The molecule has 0 aliphatic heterocycles. The van der Waals surface area contributed by atoms with E-state index in [1.165, 1.54) is 18.2 Å². The van der Waals surface area contributed by atoms with Gasteiger partial charge in [-0.25, -0.2) is 13.2 Å². The normalized spacial score (nSPS) is 11.4. The van der Waals surface area contributed by atoms with Gasteiger partial charge in [0.25, 0.3) is 10.0 Å². The van der Waals surface area contributed by atoms with E-state index in [0.29, 0.717) is 22.3 Å². The lowest BCUT2D eigenvalue weighted by molar-refractivity contribution is 0.563. The zero-order valence-corrected chi connectivity index (χ0v) is 14.8. The van der Waals surface area contributed by atoms with E-state index in [-0.39, 0.29) is 10.5 Å². The fourth-order valence-corrected chi connectivity index (χ4v) is 3.76. The number of fused-ring (bicyclic) bond motifs is 1. The summed E-state index contributed by atoms with van der Waals surface area (Å²) in [5.41, 5.74) is 0.917. The molecule has 27 heavy (non-hydrogen) atoms. The van der Waals surface area contributed by atoms with Gasteiger partial charge in [0.1, 0.15) is 5.58 Å². The van der Waals surface area contributed by atoms with Crippen molar-refractivity contribution in [3.05, 3.63) is 89.4 Å². The van der Waals surface area contributed by atoms with Crippen LogP contribution in [-0.4, -0.2) is 13.4 Å². The van der Waals surface area contributed by atoms with Crippen LogP contribution in [0.4, 0.5) is 5.69 Å². The highest BCUT2D eigenvalue weighted by Crippen LogP contribution is 2.24. The minimum absolute atomic E-state index is 0.150. The number of hydrogen-bond donors (Lipinski definition) is 1. The molecular weight excluding hydrogens is 364 g/mol. The molecule has 2 heterocycles. The van der Waals surface area contributed by atoms with Crippen LogP contribution in [-0.2, 0) is 10.0 Å². The molecule has 0 aliphatic rings. The number of nitrogens with zero attached hydrogens (tertiary/aromatic N) is 1. The number of rotatable bonds is 4. The van der Waals surface area contributed by atoms with E-state index < -0.39 is 15.6 Å². The fourth-order valence-electron chi connectivity index (χ4n) is 2.69. The van der Waals surface area contributed by atoms with Crippen LogP contribution in [0.5, 0.6) is 0 Å². The highest BCUT2D eigenvalue weighted by molar-refractivity contribution is 7.92. The molecule has 7 heteroatoms. The van der Waals surface area contributed by atoms with Gasteiger partial charge in [0, 0.05) is 17.6 Å². The Bertz CT molecular complexity index is 1270. The molecule has 134 valence electrons. The van der Waals surface area contributed by atoms with Gasteiger partial charge < -0.3 is 4.42 Å². The van der Waals surface area contributed by atoms with Crippen molar-refractivity contribution in [1.82, 2.24) is 4.98 Å². The van der Waals surface area contributed by atoms with Crippen LogP contribution in [0.1, 0.15) is 0 Å². The molecule has 6 nitrogen and oxygen atoms in total. The number of hydrogen-bond acceptors (Lipinski definition) is 5. The molecule has 0 bridgehead atoms. The van der Waals surface area contributed by atoms with Gasteiger partial charge in [0.15, 0.2) is 0 Å². The number of anilines is 1. The third-order valence-electron chi connectivity index (χ3n) is 3.98. The number of aromatic nitrogens is 1. The Kier molecular flexibility index (Phi) is 4.21. The van der Waals surface area contributed by atoms with E-state index in [4.69, 9.17) is 4.42 Å². The average molecular weight is 378 g/mol. The topological polar surface area (TPSA) is 89.3 Å². The molecule has 0 amide bonds. The SMILES string of the molecule is O=c1oc2cc(NS(=O)(=O)c3ccccc3)ccc2cc1-c1ccccn1. The van der Waals surface area contributed by atoms with E-state index in [0.717, 1.165) is 0 Å². The van der Waals surface area contributed by atoms with Crippen LogP contribution in [0.2, 0.25) is 0 Å². The third-order valence-corrected chi connectivity index (χ3v) is 5.38. The lowest BCUT2D eigenvalue weighted by atomic mass is 10.1. The van der Waals surface area contributed by atoms with Crippen LogP contribution < -0.4 is 10.3 Å². The van der Waals surface area contributed by atoms with Crippen molar-refractivity contribution in [2.45, 2.75) is 4.90 Å². The summed E-state index contributed by atoms with van der Waals surface area (Å²) in [6.07, 6.45) is 1.60. The Morgan fingerprint density at radius 2 is 1.67 bits per heavy atom. The van der Waals surface area contributed by atoms with Crippen molar-refractivity contribution in [1.29, 1.82) is 0 Å². The van der Waals surface area contributed by atoms with E-state index in [1.54, 1.807) is 60.8 Å². The average Bonchev–Trinajstić information content (AvgIpc) is 2.68. The summed E-state index contributed by atoms with van der Waals surface area (Å²) in [5, 5.41) is 0.665. The smallest absolute Gasteiger partial charge is 0.345 e. The summed E-state index contributed by atoms with van der Waals surface area (Å²) in [6, 6.07) is 19.8. The van der Waals surface area contributed by atoms with Crippen molar-refractivity contribution in [3.63, 3.8) is 0 Å². The summed E-state index contributed by atoms with van der Waals surface area (Å²) in [5.74, 6) is 0. The van der Waals surface area contributed by atoms with Crippen LogP contribution in [0.3, 0.4) is 0 Å². The molecule has 0 radical (unpaired) electrons. The monoisotopic (exact) mass is 378 g/mol. The first kappa shape index (κ1) is 17.0. The maximum atomic E-state index is 12.4. The zero-order valence-electron chi connectivity index (χ0n) is 14.0. The fraction of sp³-hybridized carbons (Fsp3) is 0. The second-order valence-electron chi connectivity index (χ2n) is 5.83. The van der Waals surface area contributed by atoms with Crippen LogP contribution in [0.25, 0.3) is 22.2 Å². The van der Waals surface area contributed by atoms with Crippen molar-refractivity contribution in [2.75, 3.05) is 4.72 Å². The first-order valence-electron chi connectivity index (χ1n) is 8.10. The molecule has 0 spiro atoms. The summed E-state index contributed by atoms with van der Waals surface area (Å²) in [7, 11) is -3.72. The third kappa shape index (κ3) is 3.45. The molecule has 0 saturated carbocycles. The molecule has 4 aromatic rings. The summed E-state index contributed by atoms with van der Waals surface area (Å²) < 4.78 is 32.7. The molecule has 0 fully saturated rings. The van der Waals surface area contributed by atoms with Crippen LogP contribution in [0, 0.1) is 0 Å². The molecule has 0 unspecified atom stereocenters. The second-order valence-corrected chi connectivity index (χ2v) is 7.52. The molecule has 2 aromatic heterocycles. The molecule has 0 saturated heterocycles. The van der Waals surface area contributed by atoms with Gasteiger partial charge in [0.2, 0.25) is 0 Å². The van der Waals surface area contributed by atoms with E-state index in [2.05, 4.69) is 9.71 Å². The predicted octanol–water partition coefficient (Wildman–Crippen LogP) is 3.66. The zero-order chi connectivity index (χ0) is 18.9. The maximum absolute atomic E-state index is 12.4. The lowest BCUT2D eigenvalue weighted by Gasteiger charge is -2.09. The van der Waals surface area contributed by atoms with Crippen LogP contribution in [0.15, 0.2) is 93.1 Å². The highest BCUT2D eigenvalue weighted by atomic mass is 32.2. The Hall–Kier alpha value is -3.45. The maximum Gasteiger partial charge on any atom is 0.345 e. The highest BCUT2D eigenvalue weighted by Gasteiger charge is 2.15. The summed E-state index contributed by atoms with van der Waals surface area (Å²) in [6.45, 7) is 0.